The zero-order valence-electron chi connectivity index (χ0n) is 19.0. The highest BCUT2D eigenvalue weighted by Crippen LogP contribution is 2.32. The van der Waals surface area contributed by atoms with E-state index in [0.717, 1.165) is 16.8 Å². The summed E-state index contributed by atoms with van der Waals surface area (Å²) in [7, 11) is 0. The molecule has 168 valence electrons. The van der Waals surface area contributed by atoms with Crippen molar-refractivity contribution in [1.82, 2.24) is 4.90 Å². The zero-order chi connectivity index (χ0) is 23.3. The number of carbonyl (C=O) groups excluding carboxylic acids is 3. The fraction of sp³-hybridized carbons (Fsp3) is 0.320. The molecule has 0 saturated carbocycles. The third-order valence-electron chi connectivity index (χ3n) is 5.18. The van der Waals surface area contributed by atoms with Gasteiger partial charge in [-0.3, -0.25) is 19.3 Å². The second kappa shape index (κ2) is 10.2. The van der Waals surface area contributed by atoms with Gasteiger partial charge in [0, 0.05) is 38.1 Å². The lowest BCUT2D eigenvalue weighted by molar-refractivity contribution is -0.137. The van der Waals surface area contributed by atoms with Crippen molar-refractivity contribution in [2.45, 2.75) is 34.1 Å². The third-order valence-corrected chi connectivity index (χ3v) is 5.18. The maximum absolute atomic E-state index is 13.3. The van der Waals surface area contributed by atoms with Gasteiger partial charge in [-0.2, -0.15) is 0 Å². The fourth-order valence-electron chi connectivity index (χ4n) is 3.64. The Balaban J connectivity index is 1.96. The molecule has 0 atom stereocenters. The molecule has 0 fully saturated rings. The number of nitrogens with one attached hydrogen (secondary N) is 2. The maximum Gasteiger partial charge on any atom is 0.278 e. The lowest BCUT2D eigenvalue weighted by atomic mass is 10.0. The Kier molecular flexibility index (Phi) is 7.43. The summed E-state index contributed by atoms with van der Waals surface area (Å²) in [4.78, 5) is 39.1. The van der Waals surface area contributed by atoms with E-state index in [1.165, 1.54) is 11.8 Å². The molecule has 2 aromatic carbocycles. The smallest absolute Gasteiger partial charge is 0.278 e. The quantitative estimate of drug-likeness (QED) is 0.461. The van der Waals surface area contributed by atoms with Gasteiger partial charge in [0.1, 0.15) is 5.70 Å². The van der Waals surface area contributed by atoms with Crippen LogP contribution in [0.5, 0.6) is 0 Å². The van der Waals surface area contributed by atoms with E-state index < -0.39 is 0 Å². The average molecular weight is 436 g/mol. The Hall–Kier alpha value is -3.45. The monoisotopic (exact) mass is 435 g/mol. The molecule has 3 amide bonds. The van der Waals surface area contributed by atoms with Crippen molar-refractivity contribution in [1.29, 1.82) is 0 Å². The Morgan fingerprint density at radius 3 is 2.38 bits per heavy atom. The van der Waals surface area contributed by atoms with Gasteiger partial charge in [0.15, 0.2) is 0 Å². The average Bonchev–Trinajstić information content (AvgIpc) is 2.97. The van der Waals surface area contributed by atoms with Crippen LogP contribution in [0.25, 0.3) is 5.57 Å². The molecule has 1 aliphatic heterocycles. The predicted octanol–water partition coefficient (Wildman–Crippen LogP) is 3.88. The van der Waals surface area contributed by atoms with Crippen LogP contribution in [-0.2, 0) is 19.1 Å². The van der Waals surface area contributed by atoms with E-state index in [9.17, 15) is 14.4 Å². The van der Waals surface area contributed by atoms with E-state index >= 15 is 0 Å². The number of imide groups is 1. The topological polar surface area (TPSA) is 87.7 Å². The molecular formula is C25H29N3O4. The summed E-state index contributed by atoms with van der Waals surface area (Å²) >= 11 is 0. The second-order valence-corrected chi connectivity index (χ2v) is 7.76. The van der Waals surface area contributed by atoms with Crippen molar-refractivity contribution >= 4 is 34.7 Å². The molecule has 3 rings (SSSR count). The minimum Gasteiger partial charge on any atom is -0.382 e. The summed E-state index contributed by atoms with van der Waals surface area (Å²) in [6.45, 7) is 8.65. The molecule has 0 saturated heterocycles. The zero-order valence-corrected chi connectivity index (χ0v) is 19.0. The van der Waals surface area contributed by atoms with Crippen molar-refractivity contribution < 1.29 is 19.1 Å². The Morgan fingerprint density at radius 1 is 1.03 bits per heavy atom. The number of benzene rings is 2. The maximum atomic E-state index is 13.3. The normalized spacial score (nSPS) is 13.7. The highest BCUT2D eigenvalue weighted by atomic mass is 16.5. The van der Waals surface area contributed by atoms with Crippen LogP contribution in [0, 0.1) is 13.8 Å². The second-order valence-electron chi connectivity index (χ2n) is 7.76. The van der Waals surface area contributed by atoms with Crippen LogP contribution in [0.4, 0.5) is 11.4 Å². The molecule has 0 aliphatic carbocycles. The van der Waals surface area contributed by atoms with Gasteiger partial charge in [0.05, 0.1) is 5.57 Å². The number of aryl methyl sites for hydroxylation is 2. The first-order valence-corrected chi connectivity index (χ1v) is 10.7. The molecule has 0 radical (unpaired) electrons. The Morgan fingerprint density at radius 2 is 1.75 bits per heavy atom. The third kappa shape index (κ3) is 5.23. The minimum atomic E-state index is -0.354. The molecule has 0 bridgehead atoms. The minimum absolute atomic E-state index is 0.179. The lowest BCUT2D eigenvalue weighted by Gasteiger charge is -2.15. The number of rotatable bonds is 9. The van der Waals surface area contributed by atoms with Gasteiger partial charge in [0.25, 0.3) is 11.8 Å². The van der Waals surface area contributed by atoms with E-state index in [4.69, 9.17) is 4.74 Å². The van der Waals surface area contributed by atoms with Crippen LogP contribution in [0.15, 0.2) is 48.2 Å². The number of hydrogen-bond donors (Lipinski definition) is 2. The van der Waals surface area contributed by atoms with Gasteiger partial charge in [-0.25, -0.2) is 0 Å². The van der Waals surface area contributed by atoms with E-state index in [0.29, 0.717) is 36.5 Å². The van der Waals surface area contributed by atoms with E-state index in [1.807, 2.05) is 39.0 Å². The Labute approximate surface area is 188 Å². The van der Waals surface area contributed by atoms with E-state index in [1.54, 1.807) is 24.3 Å². The number of hydrogen-bond acceptors (Lipinski definition) is 5. The molecule has 0 spiro atoms. The first-order chi connectivity index (χ1) is 15.3. The molecule has 1 heterocycles. The largest absolute Gasteiger partial charge is 0.382 e. The molecule has 2 N–H and O–H groups in total. The van der Waals surface area contributed by atoms with E-state index in [-0.39, 0.29) is 30.0 Å². The van der Waals surface area contributed by atoms with Crippen LogP contribution in [0.3, 0.4) is 0 Å². The van der Waals surface area contributed by atoms with Crippen molar-refractivity contribution in [3.8, 4) is 0 Å². The molecule has 1 aliphatic rings. The SMILES string of the molecule is CCOCCCN1C(=O)C(Nc2ccc(C)cc2C)=C(c2ccc(NC(C)=O)cc2)C1=O. The highest BCUT2D eigenvalue weighted by molar-refractivity contribution is 6.36. The summed E-state index contributed by atoms with van der Waals surface area (Å²) < 4.78 is 5.36. The molecule has 0 unspecified atom stereocenters. The summed E-state index contributed by atoms with van der Waals surface area (Å²) in [6.07, 6.45) is 0.566. The lowest BCUT2D eigenvalue weighted by Crippen LogP contribution is -2.34. The number of ether oxygens (including phenoxy) is 1. The number of amides is 3. The summed E-state index contributed by atoms with van der Waals surface area (Å²) in [5, 5.41) is 5.92. The van der Waals surface area contributed by atoms with Gasteiger partial charge in [0.2, 0.25) is 5.91 Å². The fourth-order valence-corrected chi connectivity index (χ4v) is 3.64. The molecule has 2 aromatic rings. The number of anilines is 2. The molecule has 32 heavy (non-hydrogen) atoms. The van der Waals surface area contributed by atoms with Gasteiger partial charge in [-0.15, -0.1) is 0 Å². The predicted molar refractivity (Wildman–Crippen MR) is 125 cm³/mol. The number of nitrogens with zero attached hydrogens (tertiary/aromatic N) is 1. The van der Waals surface area contributed by atoms with Crippen LogP contribution in [0.2, 0.25) is 0 Å². The summed E-state index contributed by atoms with van der Waals surface area (Å²) in [5.41, 5.74) is 4.67. The van der Waals surface area contributed by atoms with Crippen molar-refractivity contribution in [2.75, 3.05) is 30.4 Å². The van der Waals surface area contributed by atoms with Gasteiger partial charge >= 0.3 is 0 Å². The summed E-state index contributed by atoms with van der Waals surface area (Å²) in [6, 6.07) is 12.8. The summed E-state index contributed by atoms with van der Waals surface area (Å²) in [5.74, 6) is -0.875. The van der Waals surface area contributed by atoms with Crippen LogP contribution in [0.1, 0.15) is 37.0 Å². The van der Waals surface area contributed by atoms with Crippen molar-refractivity contribution in [2.24, 2.45) is 0 Å². The van der Waals surface area contributed by atoms with Gasteiger partial charge in [-0.1, -0.05) is 29.8 Å². The first kappa shape index (κ1) is 23.2. The molecule has 0 aromatic heterocycles. The highest BCUT2D eigenvalue weighted by Gasteiger charge is 2.39. The van der Waals surface area contributed by atoms with Gasteiger partial charge < -0.3 is 15.4 Å². The Bertz CT molecular complexity index is 1060. The molecule has 7 nitrogen and oxygen atoms in total. The standard InChI is InChI=1S/C25H29N3O4/c1-5-32-14-6-13-28-24(30)22(19-8-10-20(11-9-19)26-18(4)29)23(25(28)31)27-21-12-7-16(2)15-17(21)3/h7-12,15,27H,5-6,13-14H2,1-4H3,(H,26,29). The van der Waals surface area contributed by atoms with Gasteiger partial charge in [-0.05, 0) is 56.5 Å². The molecular weight excluding hydrogens is 406 g/mol. The van der Waals surface area contributed by atoms with Crippen LogP contribution in [-0.4, -0.2) is 42.4 Å². The first-order valence-electron chi connectivity index (χ1n) is 10.7. The number of carbonyl (C=O) groups is 3. The van der Waals surface area contributed by atoms with Crippen molar-refractivity contribution in [3.63, 3.8) is 0 Å². The van der Waals surface area contributed by atoms with Crippen LogP contribution < -0.4 is 10.6 Å². The van der Waals surface area contributed by atoms with E-state index in [2.05, 4.69) is 10.6 Å². The van der Waals surface area contributed by atoms with Crippen molar-refractivity contribution in [3.05, 3.63) is 64.9 Å². The van der Waals surface area contributed by atoms with Crippen LogP contribution >= 0.6 is 0 Å². The molecule has 7 heteroatoms.